The summed E-state index contributed by atoms with van der Waals surface area (Å²) in [5.41, 5.74) is 1.73. The lowest BCUT2D eigenvalue weighted by Crippen LogP contribution is -2.63. The molecule has 0 spiro atoms. The van der Waals surface area contributed by atoms with Crippen molar-refractivity contribution in [2.75, 3.05) is 24.5 Å². The number of aromatic nitrogens is 1. The number of nitrogens with one attached hydrogen (secondary N) is 1. The molecule has 0 aliphatic carbocycles. The first-order valence-corrected chi connectivity index (χ1v) is 7.47. The summed E-state index contributed by atoms with van der Waals surface area (Å²) in [5.74, 6) is -1.69. The van der Waals surface area contributed by atoms with Gasteiger partial charge < -0.3 is 20.4 Å². The first-order valence-electron chi connectivity index (χ1n) is 7.47. The summed E-state index contributed by atoms with van der Waals surface area (Å²) < 4.78 is 0. The van der Waals surface area contributed by atoms with Crippen molar-refractivity contribution in [3.63, 3.8) is 0 Å². The Hall–Kier alpha value is -2.92. The van der Waals surface area contributed by atoms with Crippen LogP contribution in [0.1, 0.15) is 12.0 Å². The molecule has 0 radical (unpaired) electrons. The third-order valence-electron chi connectivity index (χ3n) is 3.97. The van der Waals surface area contributed by atoms with Crippen molar-refractivity contribution in [1.82, 2.24) is 10.3 Å². The van der Waals surface area contributed by atoms with Crippen LogP contribution in [-0.4, -0.2) is 52.8 Å². The van der Waals surface area contributed by atoms with E-state index in [9.17, 15) is 9.59 Å². The highest BCUT2D eigenvalue weighted by Crippen LogP contribution is 2.34. The molecule has 3 rings (SSSR count). The lowest BCUT2D eigenvalue weighted by molar-refractivity contribution is -0.134. The molecule has 2 atom stereocenters. The maximum atomic E-state index is 9.55. The Morgan fingerprint density at radius 3 is 2.62 bits per heavy atom. The van der Waals surface area contributed by atoms with Crippen molar-refractivity contribution in [1.29, 1.82) is 5.26 Å². The van der Waals surface area contributed by atoms with Gasteiger partial charge >= 0.3 is 11.9 Å². The second kappa shape index (κ2) is 8.08. The number of carboxylic acid groups (broad SMARTS) is 2. The Bertz CT molecular complexity index is 667. The number of carboxylic acids is 2. The van der Waals surface area contributed by atoms with E-state index < -0.39 is 11.9 Å². The molecule has 0 aromatic carbocycles. The molecule has 0 amide bonds. The largest absolute Gasteiger partial charge is 0.478 e. The van der Waals surface area contributed by atoms with Gasteiger partial charge in [0.15, 0.2) is 0 Å². The number of carbonyl (C=O) groups is 2. The number of anilines is 1. The lowest BCUT2D eigenvalue weighted by Gasteiger charge is -2.52. The van der Waals surface area contributed by atoms with E-state index in [0.29, 0.717) is 23.8 Å². The molecular weight excluding hydrogens is 312 g/mol. The van der Waals surface area contributed by atoms with E-state index in [1.54, 1.807) is 6.20 Å². The second-order valence-electron chi connectivity index (χ2n) is 5.53. The SMILES string of the molecule is N#Cc1cncc(N2C[C@@H]3CCNC[C@@H]32)c1.O=C(O)C=CC(=O)O. The summed E-state index contributed by atoms with van der Waals surface area (Å²) in [4.78, 5) is 25.6. The van der Waals surface area contributed by atoms with Gasteiger partial charge in [0.25, 0.3) is 0 Å². The Morgan fingerprint density at radius 1 is 1.33 bits per heavy atom. The Kier molecular flexibility index (Phi) is 5.87. The highest BCUT2D eigenvalue weighted by atomic mass is 16.4. The minimum absolute atomic E-state index is 0.558. The Labute approximate surface area is 139 Å². The number of nitriles is 1. The molecule has 0 bridgehead atoms. The van der Waals surface area contributed by atoms with Gasteiger partial charge in [-0.15, -0.1) is 0 Å². The third-order valence-corrected chi connectivity index (χ3v) is 3.97. The van der Waals surface area contributed by atoms with Crippen molar-refractivity contribution in [3.05, 3.63) is 36.2 Å². The van der Waals surface area contributed by atoms with Crippen LogP contribution >= 0.6 is 0 Å². The molecule has 8 nitrogen and oxygen atoms in total. The summed E-state index contributed by atoms with van der Waals surface area (Å²) in [6.45, 7) is 3.32. The highest BCUT2D eigenvalue weighted by molar-refractivity contribution is 5.89. The Balaban J connectivity index is 0.000000224. The van der Waals surface area contributed by atoms with E-state index in [4.69, 9.17) is 15.5 Å². The smallest absolute Gasteiger partial charge is 0.328 e. The van der Waals surface area contributed by atoms with Gasteiger partial charge in [-0.2, -0.15) is 5.26 Å². The summed E-state index contributed by atoms with van der Waals surface area (Å²) in [7, 11) is 0. The van der Waals surface area contributed by atoms with Crippen LogP contribution in [0.5, 0.6) is 0 Å². The van der Waals surface area contributed by atoms with Gasteiger partial charge in [0, 0.05) is 37.5 Å². The lowest BCUT2D eigenvalue weighted by atomic mass is 9.83. The average Bonchev–Trinajstić information content (AvgIpc) is 2.55. The quantitative estimate of drug-likeness (QED) is 0.682. The van der Waals surface area contributed by atoms with Gasteiger partial charge in [0.05, 0.1) is 17.4 Å². The minimum Gasteiger partial charge on any atom is -0.478 e. The summed E-state index contributed by atoms with van der Waals surface area (Å²) >= 11 is 0. The zero-order valence-electron chi connectivity index (χ0n) is 12.9. The molecule has 3 heterocycles. The van der Waals surface area contributed by atoms with Crippen LogP contribution in [0, 0.1) is 17.2 Å². The molecule has 0 saturated carbocycles. The molecule has 3 N–H and O–H groups in total. The van der Waals surface area contributed by atoms with Crippen molar-refractivity contribution in [3.8, 4) is 6.07 Å². The van der Waals surface area contributed by atoms with Gasteiger partial charge in [-0.25, -0.2) is 9.59 Å². The van der Waals surface area contributed by atoms with Crippen molar-refractivity contribution in [2.24, 2.45) is 5.92 Å². The van der Waals surface area contributed by atoms with E-state index in [1.165, 1.54) is 6.42 Å². The molecule has 2 fully saturated rings. The van der Waals surface area contributed by atoms with Crippen LogP contribution in [0.15, 0.2) is 30.6 Å². The number of piperidine rings is 1. The molecular formula is C16H18N4O4. The number of aliphatic carboxylic acids is 2. The topological polar surface area (TPSA) is 127 Å². The minimum atomic E-state index is -1.26. The van der Waals surface area contributed by atoms with Gasteiger partial charge in [0.1, 0.15) is 6.07 Å². The van der Waals surface area contributed by atoms with E-state index in [-0.39, 0.29) is 0 Å². The van der Waals surface area contributed by atoms with Crippen LogP contribution < -0.4 is 10.2 Å². The monoisotopic (exact) mass is 330 g/mol. The van der Waals surface area contributed by atoms with Gasteiger partial charge in [-0.3, -0.25) is 4.98 Å². The molecule has 126 valence electrons. The predicted octanol–water partition coefficient (Wildman–Crippen LogP) is 0.463. The van der Waals surface area contributed by atoms with E-state index in [2.05, 4.69) is 21.3 Å². The van der Waals surface area contributed by atoms with Crippen LogP contribution in [0.2, 0.25) is 0 Å². The Morgan fingerprint density at radius 2 is 2.04 bits per heavy atom. The van der Waals surface area contributed by atoms with Crippen molar-refractivity contribution < 1.29 is 19.8 Å². The van der Waals surface area contributed by atoms with Crippen LogP contribution in [0.4, 0.5) is 5.69 Å². The zero-order chi connectivity index (χ0) is 17.5. The summed E-state index contributed by atoms with van der Waals surface area (Å²) in [6.07, 6.45) is 5.85. The predicted molar refractivity (Wildman–Crippen MR) is 85.5 cm³/mol. The van der Waals surface area contributed by atoms with Gasteiger partial charge in [-0.1, -0.05) is 0 Å². The average molecular weight is 330 g/mol. The van der Waals surface area contributed by atoms with E-state index >= 15 is 0 Å². The zero-order valence-corrected chi connectivity index (χ0v) is 12.9. The number of hydrogen-bond acceptors (Lipinski definition) is 6. The van der Waals surface area contributed by atoms with Crippen molar-refractivity contribution >= 4 is 17.6 Å². The van der Waals surface area contributed by atoms with Gasteiger partial charge in [-0.05, 0) is 24.9 Å². The maximum absolute atomic E-state index is 9.55. The van der Waals surface area contributed by atoms with Crippen LogP contribution in [-0.2, 0) is 9.59 Å². The van der Waals surface area contributed by atoms with Crippen LogP contribution in [0.25, 0.3) is 0 Å². The first kappa shape index (κ1) is 17.4. The van der Waals surface area contributed by atoms with E-state index in [1.807, 2.05) is 12.3 Å². The molecule has 24 heavy (non-hydrogen) atoms. The summed E-state index contributed by atoms with van der Waals surface area (Å²) in [5, 5.41) is 27.9. The normalized spacial score (nSPS) is 21.7. The number of fused-ring (bicyclic) bond motifs is 1. The molecule has 2 saturated heterocycles. The fourth-order valence-corrected chi connectivity index (χ4v) is 2.81. The van der Waals surface area contributed by atoms with Crippen LogP contribution in [0.3, 0.4) is 0 Å². The molecule has 8 heteroatoms. The first-order chi connectivity index (χ1) is 11.5. The molecule has 1 aromatic rings. The standard InChI is InChI=1S/C12H14N4.C4H4O4/c13-4-9-3-11(6-15-5-9)16-8-10-1-2-14-7-12(10)16;5-3(6)1-2-4(7)8/h3,5-6,10,12,14H,1-2,7-8H2;1-2H,(H,5,6)(H,7,8)/t10-,12-;/m0./s1. The van der Waals surface area contributed by atoms with Gasteiger partial charge in [0.2, 0.25) is 0 Å². The third kappa shape index (κ3) is 4.54. The number of nitrogens with zero attached hydrogens (tertiary/aromatic N) is 3. The second-order valence-corrected chi connectivity index (χ2v) is 5.53. The number of hydrogen-bond donors (Lipinski definition) is 3. The molecule has 2 aliphatic rings. The highest BCUT2D eigenvalue weighted by Gasteiger charge is 2.40. The van der Waals surface area contributed by atoms with Crippen molar-refractivity contribution in [2.45, 2.75) is 12.5 Å². The fourth-order valence-electron chi connectivity index (χ4n) is 2.81. The van der Waals surface area contributed by atoms with E-state index in [0.717, 1.165) is 31.2 Å². The molecule has 2 aliphatic heterocycles. The molecule has 1 aromatic heterocycles. The fraction of sp³-hybridized carbons (Fsp3) is 0.375. The maximum Gasteiger partial charge on any atom is 0.328 e. The number of pyridine rings is 1. The summed E-state index contributed by atoms with van der Waals surface area (Å²) in [6, 6.07) is 4.67. The molecule has 0 unspecified atom stereocenters. The number of rotatable bonds is 3.